The molecule has 0 aliphatic heterocycles. The Morgan fingerprint density at radius 1 is 1.00 bits per heavy atom. The Bertz CT molecular complexity index is 565. The molecule has 0 amide bonds. The first kappa shape index (κ1) is 11.6. The molecule has 0 unspecified atom stereocenters. The van der Waals surface area contributed by atoms with Gasteiger partial charge in [0.15, 0.2) is 0 Å². The summed E-state index contributed by atoms with van der Waals surface area (Å²) in [6.45, 7) is 2.03. The molecule has 94 valence electrons. The molecule has 1 aliphatic rings. The van der Waals surface area contributed by atoms with Gasteiger partial charge in [0.2, 0.25) is 0 Å². The van der Waals surface area contributed by atoms with Crippen LogP contribution in [0.1, 0.15) is 49.1 Å². The van der Waals surface area contributed by atoms with E-state index in [-0.39, 0.29) is 0 Å². The number of hydrogen-bond donors (Lipinski definition) is 1. The molecular formula is C17H20O. The fourth-order valence-corrected chi connectivity index (χ4v) is 3.20. The molecule has 1 saturated carbocycles. The van der Waals surface area contributed by atoms with Gasteiger partial charge in [-0.15, -0.1) is 0 Å². The first-order chi connectivity index (χ1) is 8.74. The van der Waals surface area contributed by atoms with Gasteiger partial charge in [-0.3, -0.25) is 0 Å². The van der Waals surface area contributed by atoms with Crippen molar-refractivity contribution in [1.82, 2.24) is 0 Å². The third kappa shape index (κ3) is 2.10. The average molecular weight is 240 g/mol. The fourth-order valence-electron chi connectivity index (χ4n) is 3.20. The molecule has 18 heavy (non-hydrogen) atoms. The van der Waals surface area contributed by atoms with Crippen molar-refractivity contribution in [1.29, 1.82) is 0 Å². The molecule has 0 radical (unpaired) electrons. The molecule has 0 spiro atoms. The molecule has 0 saturated heterocycles. The van der Waals surface area contributed by atoms with E-state index in [1.165, 1.54) is 43.1 Å². The quantitative estimate of drug-likeness (QED) is 0.751. The summed E-state index contributed by atoms with van der Waals surface area (Å²) < 4.78 is 0. The maximum absolute atomic E-state index is 9.95. The zero-order chi connectivity index (χ0) is 12.5. The number of phenols is 1. The van der Waals surface area contributed by atoms with E-state index in [1.807, 2.05) is 13.0 Å². The maximum atomic E-state index is 9.95. The van der Waals surface area contributed by atoms with Gasteiger partial charge < -0.3 is 5.11 Å². The van der Waals surface area contributed by atoms with E-state index in [0.29, 0.717) is 5.75 Å². The number of benzene rings is 2. The van der Waals surface area contributed by atoms with Crippen molar-refractivity contribution in [3.8, 4) is 5.75 Å². The minimum absolute atomic E-state index is 0.403. The van der Waals surface area contributed by atoms with Gasteiger partial charge in [0.05, 0.1) is 0 Å². The van der Waals surface area contributed by atoms with Crippen LogP contribution >= 0.6 is 0 Å². The lowest BCUT2D eigenvalue weighted by Gasteiger charge is -2.22. The van der Waals surface area contributed by atoms with Crippen molar-refractivity contribution in [3.05, 3.63) is 41.5 Å². The Kier molecular flexibility index (Phi) is 2.99. The van der Waals surface area contributed by atoms with Crippen molar-refractivity contribution in [3.63, 3.8) is 0 Å². The molecule has 0 aromatic heterocycles. The molecule has 1 nitrogen and oxygen atoms in total. The molecule has 3 rings (SSSR count). The zero-order valence-electron chi connectivity index (χ0n) is 10.9. The zero-order valence-corrected chi connectivity index (χ0v) is 10.9. The van der Waals surface area contributed by atoms with Crippen molar-refractivity contribution in [2.45, 2.75) is 44.9 Å². The van der Waals surface area contributed by atoms with E-state index >= 15 is 0 Å². The Hall–Kier alpha value is -1.50. The topological polar surface area (TPSA) is 20.2 Å². The highest BCUT2D eigenvalue weighted by atomic mass is 16.3. The molecular weight excluding hydrogens is 220 g/mol. The van der Waals surface area contributed by atoms with Crippen LogP contribution < -0.4 is 0 Å². The molecule has 2 aromatic rings. The van der Waals surface area contributed by atoms with Gasteiger partial charge in [0, 0.05) is 5.39 Å². The lowest BCUT2D eigenvalue weighted by atomic mass is 9.83. The standard InChI is InChI=1S/C17H20O/c1-12-9-15-11-14(13-5-3-2-4-6-13)7-8-16(15)17(18)10-12/h7-11,13,18H,2-6H2,1H3. The third-order valence-electron chi connectivity index (χ3n) is 4.18. The van der Waals surface area contributed by atoms with Gasteiger partial charge in [-0.05, 0) is 48.3 Å². The summed E-state index contributed by atoms with van der Waals surface area (Å²) >= 11 is 0. The van der Waals surface area contributed by atoms with Crippen LogP contribution in [0.4, 0.5) is 0 Å². The molecule has 1 fully saturated rings. The maximum Gasteiger partial charge on any atom is 0.123 e. The second-order valence-electron chi connectivity index (χ2n) is 5.60. The summed E-state index contributed by atoms with van der Waals surface area (Å²) in [4.78, 5) is 0. The fraction of sp³-hybridized carbons (Fsp3) is 0.412. The second-order valence-corrected chi connectivity index (χ2v) is 5.60. The van der Waals surface area contributed by atoms with Crippen LogP contribution in [-0.2, 0) is 0 Å². The number of phenolic OH excluding ortho intramolecular Hbond substituents is 1. The second kappa shape index (κ2) is 4.64. The predicted molar refractivity (Wildman–Crippen MR) is 76.2 cm³/mol. The van der Waals surface area contributed by atoms with Gasteiger partial charge in [0.25, 0.3) is 0 Å². The van der Waals surface area contributed by atoms with E-state index in [1.54, 1.807) is 0 Å². The predicted octanol–water partition coefficient (Wildman–Crippen LogP) is 4.90. The van der Waals surface area contributed by atoms with Crippen LogP contribution in [0.15, 0.2) is 30.3 Å². The molecule has 1 aliphatic carbocycles. The van der Waals surface area contributed by atoms with Gasteiger partial charge in [-0.25, -0.2) is 0 Å². The summed E-state index contributed by atoms with van der Waals surface area (Å²) in [6.07, 6.45) is 6.76. The van der Waals surface area contributed by atoms with Gasteiger partial charge in [-0.2, -0.15) is 0 Å². The van der Waals surface area contributed by atoms with Crippen LogP contribution in [0.5, 0.6) is 5.75 Å². The van der Waals surface area contributed by atoms with Gasteiger partial charge >= 0.3 is 0 Å². The van der Waals surface area contributed by atoms with Crippen LogP contribution in [0, 0.1) is 6.92 Å². The number of rotatable bonds is 1. The Labute approximate surface area is 108 Å². The smallest absolute Gasteiger partial charge is 0.123 e. The van der Waals surface area contributed by atoms with E-state index in [0.717, 1.165) is 16.9 Å². The minimum Gasteiger partial charge on any atom is -0.507 e. The SMILES string of the molecule is Cc1cc(O)c2ccc(C3CCCCC3)cc2c1. The molecule has 0 atom stereocenters. The molecule has 2 aromatic carbocycles. The van der Waals surface area contributed by atoms with E-state index in [2.05, 4.69) is 24.3 Å². The Balaban J connectivity index is 2.04. The first-order valence-electron chi connectivity index (χ1n) is 6.97. The highest BCUT2D eigenvalue weighted by molar-refractivity contribution is 5.89. The highest BCUT2D eigenvalue weighted by Gasteiger charge is 2.16. The third-order valence-corrected chi connectivity index (χ3v) is 4.18. The summed E-state index contributed by atoms with van der Waals surface area (Å²) in [5, 5.41) is 12.1. The number of fused-ring (bicyclic) bond motifs is 1. The van der Waals surface area contributed by atoms with Crippen LogP contribution in [0.3, 0.4) is 0 Å². The monoisotopic (exact) mass is 240 g/mol. The number of hydrogen-bond acceptors (Lipinski definition) is 1. The van der Waals surface area contributed by atoms with Gasteiger partial charge in [0.1, 0.15) is 5.75 Å². The normalized spacial score (nSPS) is 17.2. The minimum atomic E-state index is 0.403. The Morgan fingerprint density at radius 3 is 2.56 bits per heavy atom. The van der Waals surface area contributed by atoms with Crippen LogP contribution in [0.2, 0.25) is 0 Å². The summed E-state index contributed by atoms with van der Waals surface area (Å²) in [5.41, 5.74) is 2.58. The summed E-state index contributed by atoms with van der Waals surface area (Å²) in [7, 11) is 0. The van der Waals surface area contributed by atoms with E-state index in [4.69, 9.17) is 0 Å². The van der Waals surface area contributed by atoms with Crippen LogP contribution in [0.25, 0.3) is 10.8 Å². The summed E-state index contributed by atoms with van der Waals surface area (Å²) in [5.74, 6) is 1.13. The van der Waals surface area contributed by atoms with E-state index in [9.17, 15) is 5.11 Å². The van der Waals surface area contributed by atoms with Crippen molar-refractivity contribution >= 4 is 10.8 Å². The van der Waals surface area contributed by atoms with Crippen molar-refractivity contribution < 1.29 is 5.11 Å². The lowest BCUT2D eigenvalue weighted by Crippen LogP contribution is -2.04. The van der Waals surface area contributed by atoms with Crippen molar-refractivity contribution in [2.75, 3.05) is 0 Å². The lowest BCUT2D eigenvalue weighted by molar-refractivity contribution is 0.444. The average Bonchev–Trinajstić information content (AvgIpc) is 2.39. The largest absolute Gasteiger partial charge is 0.507 e. The first-order valence-corrected chi connectivity index (χ1v) is 6.97. The Morgan fingerprint density at radius 2 is 1.78 bits per heavy atom. The molecule has 1 N–H and O–H groups in total. The van der Waals surface area contributed by atoms with Crippen LogP contribution in [-0.4, -0.2) is 5.11 Å². The summed E-state index contributed by atoms with van der Waals surface area (Å²) in [6, 6.07) is 10.6. The van der Waals surface area contributed by atoms with Gasteiger partial charge in [-0.1, -0.05) is 43.5 Å². The number of aryl methyl sites for hydroxylation is 1. The highest BCUT2D eigenvalue weighted by Crippen LogP contribution is 2.35. The molecule has 1 heteroatoms. The van der Waals surface area contributed by atoms with Crippen molar-refractivity contribution in [2.24, 2.45) is 0 Å². The number of aromatic hydroxyl groups is 1. The molecule has 0 bridgehead atoms. The van der Waals surface area contributed by atoms with E-state index < -0.39 is 0 Å². The molecule has 0 heterocycles.